The lowest BCUT2D eigenvalue weighted by atomic mass is 10.0. The fourth-order valence-corrected chi connectivity index (χ4v) is 2.63. The first kappa shape index (κ1) is 13.1. The van der Waals surface area contributed by atoms with Crippen molar-refractivity contribution < 1.29 is 4.79 Å². The molecule has 0 aromatic heterocycles. The van der Waals surface area contributed by atoms with Gasteiger partial charge < -0.3 is 10.6 Å². The van der Waals surface area contributed by atoms with Gasteiger partial charge in [0.2, 0.25) is 5.91 Å². The molecular formula is C15H22N2O. The minimum atomic E-state index is 0.0136. The van der Waals surface area contributed by atoms with Crippen LogP contribution in [-0.4, -0.2) is 18.5 Å². The second-order valence-electron chi connectivity index (χ2n) is 6.17. The molecule has 0 bridgehead atoms. The Balaban J connectivity index is 1.81. The van der Waals surface area contributed by atoms with E-state index in [1.165, 1.54) is 0 Å². The maximum Gasteiger partial charge on any atom is 0.238 e. The topological polar surface area (TPSA) is 41.1 Å². The van der Waals surface area contributed by atoms with Crippen LogP contribution in [0.15, 0.2) is 30.3 Å². The highest BCUT2D eigenvalue weighted by Gasteiger charge is 2.64. The standard InChI is InChI=1S/C15H22N2O/c1-14(2)13(15(14,3)4)16-10-12(18)17-11-8-6-5-7-9-11/h5-9,13,16H,10H2,1-4H3,(H,17,18). The maximum absolute atomic E-state index is 11.8. The van der Waals surface area contributed by atoms with Gasteiger partial charge in [-0.05, 0) is 23.0 Å². The van der Waals surface area contributed by atoms with E-state index in [9.17, 15) is 4.79 Å². The summed E-state index contributed by atoms with van der Waals surface area (Å²) in [7, 11) is 0. The Bertz CT molecular complexity index is 423. The summed E-state index contributed by atoms with van der Waals surface area (Å²) < 4.78 is 0. The quantitative estimate of drug-likeness (QED) is 0.857. The molecule has 1 aromatic rings. The Morgan fingerprint density at radius 2 is 1.67 bits per heavy atom. The Morgan fingerprint density at radius 3 is 2.17 bits per heavy atom. The zero-order chi connectivity index (χ0) is 13.4. The molecule has 2 N–H and O–H groups in total. The predicted octanol–water partition coefficient (Wildman–Crippen LogP) is 2.65. The number of hydrogen-bond donors (Lipinski definition) is 2. The van der Waals surface area contributed by atoms with Crippen LogP contribution in [0.2, 0.25) is 0 Å². The maximum atomic E-state index is 11.8. The zero-order valence-corrected chi connectivity index (χ0v) is 11.6. The molecule has 1 amide bonds. The van der Waals surface area contributed by atoms with Gasteiger partial charge in [0, 0.05) is 11.7 Å². The number of para-hydroxylation sites is 1. The molecule has 1 saturated carbocycles. The molecule has 1 aromatic carbocycles. The molecule has 98 valence electrons. The third-order valence-corrected chi connectivity index (χ3v) is 4.55. The summed E-state index contributed by atoms with van der Waals surface area (Å²) in [6, 6.07) is 9.95. The van der Waals surface area contributed by atoms with Crippen molar-refractivity contribution in [3.8, 4) is 0 Å². The number of rotatable bonds is 4. The van der Waals surface area contributed by atoms with E-state index in [-0.39, 0.29) is 16.7 Å². The van der Waals surface area contributed by atoms with Crippen LogP contribution in [0.1, 0.15) is 27.7 Å². The van der Waals surface area contributed by atoms with Gasteiger partial charge in [-0.15, -0.1) is 0 Å². The van der Waals surface area contributed by atoms with Gasteiger partial charge in [-0.25, -0.2) is 0 Å². The number of hydrogen-bond acceptors (Lipinski definition) is 2. The van der Waals surface area contributed by atoms with Crippen LogP contribution >= 0.6 is 0 Å². The Kier molecular flexibility index (Phi) is 3.20. The summed E-state index contributed by atoms with van der Waals surface area (Å²) in [5, 5.41) is 6.22. The minimum Gasteiger partial charge on any atom is -0.325 e. The van der Waals surface area contributed by atoms with Crippen molar-refractivity contribution in [2.45, 2.75) is 33.7 Å². The van der Waals surface area contributed by atoms with Crippen LogP contribution in [0.3, 0.4) is 0 Å². The highest BCUT2D eigenvalue weighted by atomic mass is 16.1. The minimum absolute atomic E-state index is 0.0136. The van der Waals surface area contributed by atoms with E-state index in [0.29, 0.717) is 12.6 Å². The van der Waals surface area contributed by atoms with Gasteiger partial charge in [0.1, 0.15) is 0 Å². The second kappa shape index (κ2) is 4.39. The lowest BCUT2D eigenvalue weighted by Crippen LogP contribution is -2.32. The number of anilines is 1. The van der Waals surface area contributed by atoms with Crippen molar-refractivity contribution in [3.05, 3.63) is 30.3 Å². The van der Waals surface area contributed by atoms with E-state index in [4.69, 9.17) is 0 Å². The van der Waals surface area contributed by atoms with E-state index in [2.05, 4.69) is 38.3 Å². The summed E-state index contributed by atoms with van der Waals surface area (Å²) in [6.45, 7) is 9.31. The van der Waals surface area contributed by atoms with Gasteiger partial charge in [0.25, 0.3) is 0 Å². The monoisotopic (exact) mass is 246 g/mol. The number of nitrogens with one attached hydrogen (secondary N) is 2. The lowest BCUT2D eigenvalue weighted by Gasteiger charge is -2.07. The van der Waals surface area contributed by atoms with Crippen LogP contribution < -0.4 is 10.6 Å². The molecule has 0 atom stereocenters. The first-order chi connectivity index (χ1) is 8.35. The molecule has 1 aliphatic rings. The van der Waals surface area contributed by atoms with Crippen molar-refractivity contribution in [3.63, 3.8) is 0 Å². The summed E-state index contributed by atoms with van der Waals surface area (Å²) in [4.78, 5) is 11.8. The molecule has 2 rings (SSSR count). The molecule has 18 heavy (non-hydrogen) atoms. The molecule has 1 fully saturated rings. The van der Waals surface area contributed by atoms with Crippen molar-refractivity contribution in [1.82, 2.24) is 5.32 Å². The van der Waals surface area contributed by atoms with Gasteiger partial charge in [0.05, 0.1) is 6.54 Å². The van der Waals surface area contributed by atoms with Crippen LogP contribution in [-0.2, 0) is 4.79 Å². The highest BCUT2D eigenvalue weighted by Crippen LogP contribution is 2.62. The smallest absolute Gasteiger partial charge is 0.238 e. The van der Waals surface area contributed by atoms with Crippen molar-refractivity contribution >= 4 is 11.6 Å². The number of carbonyl (C=O) groups is 1. The van der Waals surface area contributed by atoms with Gasteiger partial charge in [-0.2, -0.15) is 0 Å². The van der Waals surface area contributed by atoms with Crippen LogP contribution in [0, 0.1) is 10.8 Å². The van der Waals surface area contributed by atoms with E-state index in [0.717, 1.165) is 5.69 Å². The first-order valence-corrected chi connectivity index (χ1v) is 6.44. The summed E-state index contributed by atoms with van der Waals surface area (Å²) in [5.41, 5.74) is 1.37. The van der Waals surface area contributed by atoms with Crippen molar-refractivity contribution in [2.75, 3.05) is 11.9 Å². The normalized spacial score (nSPS) is 20.4. The zero-order valence-electron chi connectivity index (χ0n) is 11.6. The fourth-order valence-electron chi connectivity index (χ4n) is 2.63. The van der Waals surface area contributed by atoms with Gasteiger partial charge >= 0.3 is 0 Å². The van der Waals surface area contributed by atoms with E-state index < -0.39 is 0 Å². The summed E-state index contributed by atoms with van der Waals surface area (Å²) >= 11 is 0. The number of amides is 1. The molecule has 0 heterocycles. The third-order valence-electron chi connectivity index (χ3n) is 4.55. The van der Waals surface area contributed by atoms with E-state index in [1.807, 2.05) is 30.3 Å². The molecular weight excluding hydrogens is 224 g/mol. The number of benzene rings is 1. The Labute approximate surface area is 109 Å². The highest BCUT2D eigenvalue weighted by molar-refractivity contribution is 5.92. The van der Waals surface area contributed by atoms with E-state index >= 15 is 0 Å². The molecule has 1 aliphatic carbocycles. The molecule has 0 unspecified atom stereocenters. The van der Waals surface area contributed by atoms with Crippen LogP contribution in [0.5, 0.6) is 0 Å². The fraction of sp³-hybridized carbons (Fsp3) is 0.533. The van der Waals surface area contributed by atoms with Crippen molar-refractivity contribution in [2.24, 2.45) is 10.8 Å². The molecule has 0 radical (unpaired) electrons. The SMILES string of the molecule is CC1(C)C(NCC(=O)Nc2ccccc2)C1(C)C. The van der Waals surface area contributed by atoms with Gasteiger partial charge in [-0.3, -0.25) is 4.79 Å². The molecule has 0 saturated heterocycles. The largest absolute Gasteiger partial charge is 0.325 e. The van der Waals surface area contributed by atoms with Crippen LogP contribution in [0.4, 0.5) is 5.69 Å². The summed E-state index contributed by atoms with van der Waals surface area (Å²) in [6.07, 6.45) is 0. The van der Waals surface area contributed by atoms with Crippen molar-refractivity contribution in [1.29, 1.82) is 0 Å². The average molecular weight is 246 g/mol. The van der Waals surface area contributed by atoms with Gasteiger partial charge in [-0.1, -0.05) is 45.9 Å². The Hall–Kier alpha value is -1.35. The average Bonchev–Trinajstić information content (AvgIpc) is 2.68. The first-order valence-electron chi connectivity index (χ1n) is 6.44. The molecule has 3 nitrogen and oxygen atoms in total. The van der Waals surface area contributed by atoms with Gasteiger partial charge in [0.15, 0.2) is 0 Å². The lowest BCUT2D eigenvalue weighted by molar-refractivity contribution is -0.115. The molecule has 0 spiro atoms. The Morgan fingerprint density at radius 1 is 1.11 bits per heavy atom. The third kappa shape index (κ3) is 2.27. The number of carbonyl (C=O) groups excluding carboxylic acids is 1. The van der Waals surface area contributed by atoms with E-state index in [1.54, 1.807) is 0 Å². The second-order valence-corrected chi connectivity index (χ2v) is 6.17. The molecule has 0 aliphatic heterocycles. The summed E-state index contributed by atoms with van der Waals surface area (Å²) in [5.74, 6) is 0.0136. The predicted molar refractivity (Wildman–Crippen MR) is 74.4 cm³/mol. The van der Waals surface area contributed by atoms with Crippen LogP contribution in [0.25, 0.3) is 0 Å². The molecule has 3 heteroatoms.